The summed E-state index contributed by atoms with van der Waals surface area (Å²) in [5.74, 6) is 0.00614. The van der Waals surface area contributed by atoms with Gasteiger partial charge in [-0.3, -0.25) is 4.79 Å². The van der Waals surface area contributed by atoms with Gasteiger partial charge in [-0.2, -0.15) is 0 Å². The van der Waals surface area contributed by atoms with Crippen molar-refractivity contribution in [1.29, 1.82) is 0 Å². The van der Waals surface area contributed by atoms with E-state index in [0.717, 1.165) is 48.6 Å². The van der Waals surface area contributed by atoms with E-state index < -0.39 is 0 Å². The molecule has 4 nitrogen and oxygen atoms in total. The van der Waals surface area contributed by atoms with Crippen molar-refractivity contribution in [3.63, 3.8) is 0 Å². The number of aromatic amines is 1. The monoisotopic (exact) mass is 404 g/mol. The Labute approximate surface area is 174 Å². The van der Waals surface area contributed by atoms with Crippen LogP contribution in [-0.2, 0) is 6.61 Å². The highest BCUT2D eigenvalue weighted by atomic mass is 32.1. The molecule has 0 radical (unpaired) electrons. The summed E-state index contributed by atoms with van der Waals surface area (Å²) in [5.41, 5.74) is 5.84. The first-order chi connectivity index (χ1) is 14.0. The van der Waals surface area contributed by atoms with E-state index in [-0.39, 0.29) is 12.5 Å². The predicted molar refractivity (Wildman–Crippen MR) is 121 cm³/mol. The second-order valence-electron chi connectivity index (χ2n) is 7.10. The second kappa shape index (κ2) is 7.85. The van der Waals surface area contributed by atoms with Crippen LogP contribution in [0.2, 0.25) is 0 Å². The highest BCUT2D eigenvalue weighted by Crippen LogP contribution is 2.34. The minimum Gasteiger partial charge on any atom is -0.391 e. The van der Waals surface area contributed by atoms with Crippen molar-refractivity contribution in [3.8, 4) is 10.4 Å². The number of rotatable bonds is 5. The van der Waals surface area contributed by atoms with Gasteiger partial charge in [-0.15, -0.1) is 11.3 Å². The number of thiophene rings is 1. The normalized spacial score (nSPS) is 11.2. The lowest BCUT2D eigenvalue weighted by atomic mass is 9.96. The number of benzene rings is 2. The molecule has 4 rings (SSSR count). The Morgan fingerprint density at radius 2 is 1.86 bits per heavy atom. The van der Waals surface area contributed by atoms with Crippen LogP contribution in [0.25, 0.3) is 21.3 Å². The molecule has 1 amide bonds. The molecule has 0 saturated heterocycles. The van der Waals surface area contributed by atoms with E-state index in [2.05, 4.69) is 11.9 Å². The molecule has 0 aliphatic carbocycles. The maximum atomic E-state index is 13.5. The zero-order valence-corrected chi connectivity index (χ0v) is 17.6. The predicted octanol–water partition coefficient (Wildman–Crippen LogP) is 5.67. The van der Waals surface area contributed by atoms with Crippen LogP contribution in [-0.4, -0.2) is 22.5 Å². The van der Waals surface area contributed by atoms with E-state index in [9.17, 15) is 9.90 Å². The summed E-state index contributed by atoms with van der Waals surface area (Å²) in [6.45, 7) is 6.71. The van der Waals surface area contributed by atoms with Gasteiger partial charge in [0.25, 0.3) is 5.91 Å². The standard InChI is InChI=1S/C24H24N2O2S/c1-4-26(22-13-25-21-8-6-5-7-20(21)22)24(28)19-11-10-18(15(2)16(19)3)23-12-9-17(14-27)29-23/h5-13,25,27H,4,14H2,1-3H3. The first-order valence-electron chi connectivity index (χ1n) is 9.73. The molecular formula is C24H24N2O2S. The van der Waals surface area contributed by atoms with Gasteiger partial charge in [-0.1, -0.05) is 24.3 Å². The molecular weight excluding hydrogens is 380 g/mol. The first kappa shape index (κ1) is 19.4. The molecule has 0 fully saturated rings. The van der Waals surface area contributed by atoms with Crippen molar-refractivity contribution < 1.29 is 9.90 Å². The molecule has 0 atom stereocenters. The van der Waals surface area contributed by atoms with Crippen molar-refractivity contribution in [1.82, 2.24) is 4.98 Å². The fourth-order valence-corrected chi connectivity index (χ4v) is 4.73. The molecule has 2 heterocycles. The Morgan fingerprint density at radius 3 is 2.59 bits per heavy atom. The van der Waals surface area contributed by atoms with Crippen LogP contribution in [0, 0.1) is 13.8 Å². The summed E-state index contributed by atoms with van der Waals surface area (Å²) in [4.78, 5) is 20.6. The van der Waals surface area contributed by atoms with Gasteiger partial charge in [0.2, 0.25) is 0 Å². The number of aromatic nitrogens is 1. The van der Waals surface area contributed by atoms with Crippen LogP contribution in [0.5, 0.6) is 0 Å². The lowest BCUT2D eigenvalue weighted by Crippen LogP contribution is -2.31. The van der Waals surface area contributed by atoms with E-state index in [1.54, 1.807) is 11.3 Å². The van der Waals surface area contributed by atoms with E-state index in [1.165, 1.54) is 0 Å². The highest BCUT2D eigenvalue weighted by Gasteiger charge is 2.22. The third-order valence-corrected chi connectivity index (χ3v) is 6.62. The zero-order chi connectivity index (χ0) is 20.5. The fraction of sp³-hybridized carbons (Fsp3) is 0.208. The summed E-state index contributed by atoms with van der Waals surface area (Å²) in [5, 5.41) is 10.4. The molecule has 0 aliphatic rings. The van der Waals surface area contributed by atoms with Crippen LogP contribution in [0.3, 0.4) is 0 Å². The smallest absolute Gasteiger partial charge is 0.258 e. The van der Waals surface area contributed by atoms with Gasteiger partial charge >= 0.3 is 0 Å². The lowest BCUT2D eigenvalue weighted by Gasteiger charge is -2.22. The van der Waals surface area contributed by atoms with Gasteiger partial charge in [0, 0.05) is 39.0 Å². The van der Waals surface area contributed by atoms with Crippen molar-refractivity contribution in [3.05, 3.63) is 76.3 Å². The number of hydrogen-bond donors (Lipinski definition) is 2. The Morgan fingerprint density at radius 1 is 1.07 bits per heavy atom. The van der Waals surface area contributed by atoms with Crippen LogP contribution in [0.4, 0.5) is 5.69 Å². The molecule has 4 aromatic rings. The topological polar surface area (TPSA) is 56.3 Å². The number of para-hydroxylation sites is 1. The van der Waals surface area contributed by atoms with E-state index in [4.69, 9.17) is 0 Å². The molecule has 2 N–H and O–H groups in total. The molecule has 148 valence electrons. The van der Waals surface area contributed by atoms with E-state index in [1.807, 2.05) is 73.5 Å². The minimum atomic E-state index is 0.00614. The highest BCUT2D eigenvalue weighted by molar-refractivity contribution is 7.15. The molecule has 0 spiro atoms. The molecule has 0 aliphatic heterocycles. The van der Waals surface area contributed by atoms with Gasteiger partial charge in [0.15, 0.2) is 0 Å². The third-order valence-electron chi connectivity index (χ3n) is 5.52. The fourth-order valence-electron chi connectivity index (χ4n) is 3.78. The molecule has 5 heteroatoms. The number of carbonyl (C=O) groups excluding carboxylic acids is 1. The summed E-state index contributed by atoms with van der Waals surface area (Å²) in [7, 11) is 0. The Bertz CT molecular complexity index is 1190. The Hall–Kier alpha value is -2.89. The maximum Gasteiger partial charge on any atom is 0.258 e. The summed E-state index contributed by atoms with van der Waals surface area (Å²) < 4.78 is 0. The number of carbonyl (C=O) groups is 1. The maximum absolute atomic E-state index is 13.5. The zero-order valence-electron chi connectivity index (χ0n) is 16.8. The average Bonchev–Trinajstić information content (AvgIpc) is 3.38. The van der Waals surface area contributed by atoms with Gasteiger partial charge in [-0.05, 0) is 61.7 Å². The number of hydrogen-bond acceptors (Lipinski definition) is 3. The number of aliphatic hydroxyl groups is 1. The molecule has 2 aromatic heterocycles. The number of aliphatic hydroxyl groups excluding tert-OH is 1. The molecule has 2 aromatic carbocycles. The van der Waals surface area contributed by atoms with E-state index >= 15 is 0 Å². The number of anilines is 1. The molecule has 0 bridgehead atoms. The second-order valence-corrected chi connectivity index (χ2v) is 8.27. The van der Waals surface area contributed by atoms with Gasteiger partial charge < -0.3 is 15.0 Å². The van der Waals surface area contributed by atoms with Gasteiger partial charge in [-0.25, -0.2) is 0 Å². The van der Waals surface area contributed by atoms with Crippen molar-refractivity contribution in [2.45, 2.75) is 27.4 Å². The number of fused-ring (bicyclic) bond motifs is 1. The van der Waals surface area contributed by atoms with Crippen LogP contribution in [0.15, 0.2) is 54.7 Å². The van der Waals surface area contributed by atoms with E-state index in [0.29, 0.717) is 6.54 Å². The molecule has 0 unspecified atom stereocenters. The first-order valence-corrected chi connectivity index (χ1v) is 10.5. The SMILES string of the molecule is CCN(C(=O)c1ccc(-c2ccc(CO)s2)c(C)c1C)c1c[nH]c2ccccc12. The molecule has 29 heavy (non-hydrogen) atoms. The number of H-pyrrole nitrogens is 1. The van der Waals surface area contributed by atoms with Crippen LogP contribution in [0.1, 0.15) is 33.3 Å². The summed E-state index contributed by atoms with van der Waals surface area (Å²) >= 11 is 1.58. The Balaban J connectivity index is 1.73. The van der Waals surface area contributed by atoms with Crippen LogP contribution >= 0.6 is 11.3 Å². The third kappa shape index (κ3) is 3.37. The lowest BCUT2D eigenvalue weighted by molar-refractivity contribution is 0.0988. The van der Waals surface area contributed by atoms with Crippen molar-refractivity contribution in [2.24, 2.45) is 0 Å². The number of nitrogens with zero attached hydrogens (tertiary/aromatic N) is 1. The number of nitrogens with one attached hydrogen (secondary N) is 1. The quantitative estimate of drug-likeness (QED) is 0.450. The van der Waals surface area contributed by atoms with Gasteiger partial charge in [0.1, 0.15) is 0 Å². The van der Waals surface area contributed by atoms with Crippen LogP contribution < -0.4 is 4.90 Å². The number of amides is 1. The Kier molecular flexibility index (Phi) is 5.26. The largest absolute Gasteiger partial charge is 0.391 e. The summed E-state index contributed by atoms with van der Waals surface area (Å²) in [6.07, 6.45) is 1.91. The van der Waals surface area contributed by atoms with Gasteiger partial charge in [0.05, 0.1) is 12.3 Å². The van der Waals surface area contributed by atoms with Crippen molar-refractivity contribution in [2.75, 3.05) is 11.4 Å². The van der Waals surface area contributed by atoms with Crippen molar-refractivity contribution >= 4 is 33.8 Å². The minimum absolute atomic E-state index is 0.00614. The summed E-state index contributed by atoms with van der Waals surface area (Å²) in [6, 6.07) is 16.0. The average molecular weight is 405 g/mol. The molecule has 0 saturated carbocycles.